The molecule has 6 heteroatoms. The molecule has 0 aliphatic rings. The number of nitrogens with zero attached hydrogens (tertiary/aromatic N) is 1. The molecule has 0 saturated heterocycles. The Balaban J connectivity index is 3.38. The summed E-state index contributed by atoms with van der Waals surface area (Å²) in [5.74, 6) is -0.224. The van der Waals surface area contributed by atoms with Crippen LogP contribution in [0.4, 0.5) is 11.4 Å². The van der Waals surface area contributed by atoms with Crippen molar-refractivity contribution in [2.45, 2.75) is 6.92 Å². The maximum Gasteiger partial charge on any atom is 0.285 e. The highest BCUT2D eigenvalue weighted by molar-refractivity contribution is 9.10. The average molecular weight is 259 g/mol. The van der Waals surface area contributed by atoms with Gasteiger partial charge in [0.1, 0.15) is 0 Å². The molecule has 0 atom stereocenters. The fraction of sp³-hybridized carbons (Fsp3) is 0.125. The topological polar surface area (TPSA) is 86.2 Å². The van der Waals surface area contributed by atoms with Gasteiger partial charge in [-0.3, -0.25) is 14.9 Å². The lowest BCUT2D eigenvalue weighted by molar-refractivity contribution is -0.385. The third-order valence-electron chi connectivity index (χ3n) is 1.69. The number of anilines is 1. The highest BCUT2D eigenvalue weighted by Gasteiger charge is 2.16. The summed E-state index contributed by atoms with van der Waals surface area (Å²) in [6.07, 6.45) is 0. The number of ketones is 1. The Morgan fingerprint density at radius 1 is 1.57 bits per heavy atom. The highest BCUT2D eigenvalue weighted by Crippen LogP contribution is 2.29. The van der Waals surface area contributed by atoms with Gasteiger partial charge in [0.25, 0.3) is 5.69 Å². The number of hydrogen-bond acceptors (Lipinski definition) is 4. The number of carbonyl (C=O) groups excluding carboxylic acids is 1. The molecular formula is C8H7BrN2O3. The predicted molar refractivity (Wildman–Crippen MR) is 55.2 cm³/mol. The molecule has 0 fully saturated rings. The van der Waals surface area contributed by atoms with E-state index in [0.29, 0.717) is 0 Å². The molecule has 1 aromatic carbocycles. The first-order chi connectivity index (χ1) is 6.43. The fourth-order valence-corrected chi connectivity index (χ4v) is 1.51. The maximum atomic E-state index is 11.0. The van der Waals surface area contributed by atoms with Crippen LogP contribution in [-0.4, -0.2) is 10.7 Å². The Morgan fingerprint density at radius 2 is 2.14 bits per heavy atom. The van der Waals surface area contributed by atoms with Crippen LogP contribution in [0.3, 0.4) is 0 Å². The molecule has 0 aliphatic heterocycles. The van der Waals surface area contributed by atoms with E-state index in [1.165, 1.54) is 19.1 Å². The van der Waals surface area contributed by atoms with Crippen molar-refractivity contribution in [2.24, 2.45) is 0 Å². The summed E-state index contributed by atoms with van der Waals surface area (Å²) in [5.41, 5.74) is 5.74. The van der Waals surface area contributed by atoms with Crippen molar-refractivity contribution in [3.05, 3.63) is 32.3 Å². The third-order valence-corrected chi connectivity index (χ3v) is 2.33. The second kappa shape index (κ2) is 3.75. The van der Waals surface area contributed by atoms with E-state index in [1.54, 1.807) is 0 Å². The van der Waals surface area contributed by atoms with Crippen molar-refractivity contribution in [2.75, 3.05) is 5.73 Å². The Bertz CT molecular complexity index is 378. The second-order valence-electron chi connectivity index (χ2n) is 2.70. The summed E-state index contributed by atoms with van der Waals surface area (Å²) < 4.78 is 0.252. The molecule has 5 nitrogen and oxygen atoms in total. The number of Topliss-reactive ketones (excluding diaryl/α,β-unsaturated/α-hetero) is 1. The molecule has 2 N–H and O–H groups in total. The van der Waals surface area contributed by atoms with Crippen molar-refractivity contribution in [1.82, 2.24) is 0 Å². The molecule has 0 saturated carbocycles. The van der Waals surface area contributed by atoms with Gasteiger partial charge in [-0.2, -0.15) is 0 Å². The molecule has 74 valence electrons. The van der Waals surface area contributed by atoms with E-state index >= 15 is 0 Å². The summed E-state index contributed by atoms with van der Waals surface area (Å²) in [7, 11) is 0. The van der Waals surface area contributed by atoms with Gasteiger partial charge >= 0.3 is 0 Å². The van der Waals surface area contributed by atoms with Gasteiger partial charge in [-0.05, 0) is 28.9 Å². The SMILES string of the molecule is CC(=O)c1cc(Br)c([N+](=O)[O-])cc1N. The van der Waals surface area contributed by atoms with Crippen LogP contribution >= 0.6 is 15.9 Å². The van der Waals surface area contributed by atoms with Crippen LogP contribution in [0.15, 0.2) is 16.6 Å². The molecule has 0 spiro atoms. The van der Waals surface area contributed by atoms with Gasteiger partial charge in [0.05, 0.1) is 9.40 Å². The van der Waals surface area contributed by atoms with Crippen molar-refractivity contribution in [1.29, 1.82) is 0 Å². The number of nitrogen functional groups attached to an aromatic ring is 1. The summed E-state index contributed by atoms with van der Waals surface area (Å²) in [6, 6.07) is 2.52. The Hall–Kier alpha value is -1.43. The molecule has 1 aromatic rings. The molecule has 0 amide bonds. The van der Waals surface area contributed by atoms with Crippen molar-refractivity contribution in [3.8, 4) is 0 Å². The van der Waals surface area contributed by atoms with Crippen molar-refractivity contribution < 1.29 is 9.72 Å². The van der Waals surface area contributed by atoms with Crippen LogP contribution in [0, 0.1) is 10.1 Å². The molecule has 0 aromatic heterocycles. The molecule has 1 rings (SSSR count). The van der Waals surface area contributed by atoms with Gasteiger partial charge in [0.2, 0.25) is 0 Å². The van der Waals surface area contributed by atoms with Crippen LogP contribution in [0.5, 0.6) is 0 Å². The lowest BCUT2D eigenvalue weighted by Crippen LogP contribution is -2.01. The van der Waals surface area contributed by atoms with E-state index in [0.717, 1.165) is 0 Å². The van der Waals surface area contributed by atoms with Crippen LogP contribution in [0.2, 0.25) is 0 Å². The second-order valence-corrected chi connectivity index (χ2v) is 3.56. The monoisotopic (exact) mass is 258 g/mol. The zero-order valence-corrected chi connectivity index (χ0v) is 8.87. The molecule has 0 radical (unpaired) electrons. The van der Waals surface area contributed by atoms with Crippen molar-refractivity contribution >= 4 is 33.1 Å². The zero-order chi connectivity index (χ0) is 10.9. The van der Waals surface area contributed by atoms with Gasteiger partial charge < -0.3 is 5.73 Å². The summed E-state index contributed by atoms with van der Waals surface area (Å²) in [6.45, 7) is 1.35. The number of hydrogen-bond donors (Lipinski definition) is 1. The lowest BCUT2D eigenvalue weighted by Gasteiger charge is -2.02. The molecule has 0 heterocycles. The van der Waals surface area contributed by atoms with E-state index in [2.05, 4.69) is 15.9 Å². The lowest BCUT2D eigenvalue weighted by atomic mass is 10.1. The number of nitrogens with two attached hydrogens (primary N) is 1. The van der Waals surface area contributed by atoms with Crippen LogP contribution < -0.4 is 5.73 Å². The first-order valence-electron chi connectivity index (χ1n) is 3.68. The highest BCUT2D eigenvalue weighted by atomic mass is 79.9. The van der Waals surface area contributed by atoms with Gasteiger partial charge in [0.15, 0.2) is 5.78 Å². The molecular weight excluding hydrogens is 252 g/mol. The molecule has 0 unspecified atom stereocenters. The zero-order valence-electron chi connectivity index (χ0n) is 7.28. The first kappa shape index (κ1) is 10.6. The molecule has 0 bridgehead atoms. The Kier molecular flexibility index (Phi) is 2.85. The predicted octanol–water partition coefficient (Wildman–Crippen LogP) is 2.14. The number of benzene rings is 1. The van der Waals surface area contributed by atoms with E-state index in [9.17, 15) is 14.9 Å². The summed E-state index contributed by atoms with van der Waals surface area (Å²) >= 11 is 3.00. The number of halogens is 1. The van der Waals surface area contributed by atoms with Gasteiger partial charge in [-0.25, -0.2) is 0 Å². The average Bonchev–Trinajstić information content (AvgIpc) is 2.07. The van der Waals surface area contributed by atoms with Crippen molar-refractivity contribution in [3.63, 3.8) is 0 Å². The van der Waals surface area contributed by atoms with Gasteiger partial charge in [-0.15, -0.1) is 0 Å². The molecule has 14 heavy (non-hydrogen) atoms. The maximum absolute atomic E-state index is 11.0. The van der Waals surface area contributed by atoms with E-state index in [1.807, 2.05) is 0 Å². The number of nitro groups is 1. The minimum absolute atomic E-state index is 0.118. The first-order valence-corrected chi connectivity index (χ1v) is 4.47. The van der Waals surface area contributed by atoms with E-state index in [-0.39, 0.29) is 27.2 Å². The van der Waals surface area contributed by atoms with Crippen LogP contribution in [0.1, 0.15) is 17.3 Å². The molecule has 0 aliphatic carbocycles. The number of carbonyl (C=O) groups is 1. The summed E-state index contributed by atoms with van der Waals surface area (Å²) in [4.78, 5) is 21.0. The number of rotatable bonds is 2. The van der Waals surface area contributed by atoms with E-state index < -0.39 is 4.92 Å². The van der Waals surface area contributed by atoms with Gasteiger partial charge in [0, 0.05) is 17.3 Å². The Morgan fingerprint density at radius 3 is 2.57 bits per heavy atom. The van der Waals surface area contributed by atoms with E-state index in [4.69, 9.17) is 5.73 Å². The third kappa shape index (κ3) is 1.90. The standard InChI is InChI=1S/C8H7BrN2O3/c1-4(12)5-2-6(9)8(11(13)14)3-7(5)10/h2-3H,10H2,1H3. The van der Waals surface area contributed by atoms with Gasteiger partial charge in [-0.1, -0.05) is 0 Å². The summed E-state index contributed by atoms with van der Waals surface area (Å²) in [5, 5.41) is 10.5. The minimum Gasteiger partial charge on any atom is -0.398 e. The fourth-order valence-electron chi connectivity index (χ4n) is 1.02. The smallest absolute Gasteiger partial charge is 0.285 e. The van der Waals surface area contributed by atoms with Crippen LogP contribution in [-0.2, 0) is 0 Å². The quantitative estimate of drug-likeness (QED) is 0.381. The normalized spacial score (nSPS) is 9.86. The number of nitro benzene ring substituents is 1. The largest absolute Gasteiger partial charge is 0.398 e. The van der Waals surface area contributed by atoms with Crippen LogP contribution in [0.25, 0.3) is 0 Å². The minimum atomic E-state index is -0.565. The Labute approximate surface area is 88.2 Å².